The second-order valence-electron chi connectivity index (χ2n) is 5.66. The van der Waals surface area contributed by atoms with Gasteiger partial charge in [-0.15, -0.1) is 0 Å². The maximum atomic E-state index is 12.0. The molecular formula is C16H24ClN3O. The van der Waals surface area contributed by atoms with E-state index in [4.69, 9.17) is 17.3 Å². The predicted molar refractivity (Wildman–Crippen MR) is 88.6 cm³/mol. The monoisotopic (exact) mass is 309 g/mol. The fourth-order valence-electron chi connectivity index (χ4n) is 2.49. The van der Waals surface area contributed by atoms with Gasteiger partial charge in [0.25, 0.3) is 0 Å². The minimum atomic E-state index is 0.00826. The van der Waals surface area contributed by atoms with Crippen LogP contribution in [0, 0.1) is 0 Å². The van der Waals surface area contributed by atoms with Crippen LogP contribution in [-0.2, 0) is 4.79 Å². The molecule has 0 atom stereocenters. The average molecular weight is 310 g/mol. The molecule has 0 heterocycles. The first-order valence-corrected chi connectivity index (χ1v) is 8.07. The Bertz CT molecular complexity index is 488. The summed E-state index contributed by atoms with van der Waals surface area (Å²) >= 11 is 6.05. The van der Waals surface area contributed by atoms with Gasteiger partial charge >= 0.3 is 0 Å². The fraction of sp³-hybridized carbons (Fsp3) is 0.562. The lowest BCUT2D eigenvalue weighted by Crippen LogP contribution is -2.28. The summed E-state index contributed by atoms with van der Waals surface area (Å²) < 4.78 is 0. The number of halogens is 1. The Labute approximate surface area is 131 Å². The molecule has 1 saturated carbocycles. The van der Waals surface area contributed by atoms with E-state index < -0.39 is 0 Å². The molecule has 2 rings (SSSR count). The van der Waals surface area contributed by atoms with Crippen molar-refractivity contribution >= 4 is 28.9 Å². The van der Waals surface area contributed by atoms with E-state index >= 15 is 0 Å². The third-order valence-electron chi connectivity index (χ3n) is 3.69. The van der Waals surface area contributed by atoms with Crippen molar-refractivity contribution in [3.05, 3.63) is 23.2 Å². The number of carbonyl (C=O) groups is 1. The van der Waals surface area contributed by atoms with Crippen LogP contribution in [0.15, 0.2) is 18.2 Å². The second kappa shape index (κ2) is 7.66. The van der Waals surface area contributed by atoms with Crippen molar-refractivity contribution in [1.29, 1.82) is 0 Å². The van der Waals surface area contributed by atoms with Crippen LogP contribution in [0.4, 0.5) is 11.4 Å². The minimum Gasteiger partial charge on any atom is -0.399 e. The van der Waals surface area contributed by atoms with Crippen molar-refractivity contribution in [3.63, 3.8) is 0 Å². The van der Waals surface area contributed by atoms with Crippen LogP contribution >= 0.6 is 11.6 Å². The number of anilines is 2. The lowest BCUT2D eigenvalue weighted by Gasteiger charge is -2.20. The van der Waals surface area contributed by atoms with Crippen LogP contribution < -0.4 is 11.1 Å². The summed E-state index contributed by atoms with van der Waals surface area (Å²) in [5.41, 5.74) is 6.86. The van der Waals surface area contributed by atoms with Crippen LogP contribution in [-0.4, -0.2) is 29.9 Å². The molecule has 0 bridgehead atoms. The van der Waals surface area contributed by atoms with Gasteiger partial charge in [0.1, 0.15) is 0 Å². The Morgan fingerprint density at radius 3 is 2.81 bits per heavy atom. The van der Waals surface area contributed by atoms with Crippen molar-refractivity contribution in [3.8, 4) is 0 Å². The standard InChI is InChI=1S/C16H24ClN3O/c1-2-9-20(13-6-7-13)10-3-4-16(21)19-15-8-5-12(18)11-14(15)17/h5,8,11,13H,2-4,6-7,9-10,18H2,1H3,(H,19,21). The largest absolute Gasteiger partial charge is 0.399 e. The van der Waals surface area contributed by atoms with Gasteiger partial charge in [0.2, 0.25) is 5.91 Å². The molecule has 3 N–H and O–H groups in total. The summed E-state index contributed by atoms with van der Waals surface area (Å²) in [6, 6.07) is 5.88. The van der Waals surface area contributed by atoms with Crippen molar-refractivity contribution in [1.82, 2.24) is 4.90 Å². The molecule has 0 unspecified atom stereocenters. The van der Waals surface area contributed by atoms with E-state index in [9.17, 15) is 4.79 Å². The molecule has 1 aromatic rings. The molecule has 1 fully saturated rings. The van der Waals surface area contributed by atoms with Gasteiger partial charge in [0.05, 0.1) is 10.7 Å². The number of carbonyl (C=O) groups excluding carboxylic acids is 1. The molecule has 1 aliphatic rings. The van der Waals surface area contributed by atoms with E-state index in [1.54, 1.807) is 18.2 Å². The highest BCUT2D eigenvalue weighted by molar-refractivity contribution is 6.34. The maximum absolute atomic E-state index is 12.0. The number of nitrogen functional groups attached to an aromatic ring is 1. The predicted octanol–water partition coefficient (Wildman–Crippen LogP) is 3.52. The number of benzene rings is 1. The molecule has 1 aromatic carbocycles. The highest BCUT2D eigenvalue weighted by Gasteiger charge is 2.27. The van der Waals surface area contributed by atoms with Gasteiger partial charge in [-0.05, 0) is 57.0 Å². The van der Waals surface area contributed by atoms with E-state index in [0.717, 1.165) is 25.6 Å². The molecule has 21 heavy (non-hydrogen) atoms. The molecule has 1 amide bonds. The molecule has 0 aliphatic heterocycles. The Balaban J connectivity index is 1.74. The number of nitrogens with two attached hydrogens (primary N) is 1. The zero-order chi connectivity index (χ0) is 15.2. The van der Waals surface area contributed by atoms with Crippen LogP contribution in [0.1, 0.15) is 39.0 Å². The molecule has 4 nitrogen and oxygen atoms in total. The summed E-state index contributed by atoms with van der Waals surface area (Å²) in [5, 5.41) is 3.32. The molecule has 5 heteroatoms. The second-order valence-corrected chi connectivity index (χ2v) is 6.07. The Morgan fingerprint density at radius 2 is 2.19 bits per heavy atom. The van der Waals surface area contributed by atoms with Crippen LogP contribution in [0.25, 0.3) is 0 Å². The van der Waals surface area contributed by atoms with Gasteiger partial charge in [0, 0.05) is 18.2 Å². The summed E-state index contributed by atoms with van der Waals surface area (Å²) in [7, 11) is 0. The average Bonchev–Trinajstić information content (AvgIpc) is 3.25. The van der Waals surface area contributed by atoms with Gasteiger partial charge in [-0.3, -0.25) is 4.79 Å². The Kier molecular flexibility index (Phi) is 5.88. The van der Waals surface area contributed by atoms with Gasteiger partial charge in [0.15, 0.2) is 0 Å². The normalized spacial score (nSPS) is 14.4. The topological polar surface area (TPSA) is 58.4 Å². The number of nitrogens with zero attached hydrogens (tertiary/aromatic N) is 1. The van der Waals surface area contributed by atoms with Crippen LogP contribution in [0.5, 0.6) is 0 Å². The van der Waals surface area contributed by atoms with Crippen molar-refractivity contribution in [2.75, 3.05) is 24.1 Å². The lowest BCUT2D eigenvalue weighted by molar-refractivity contribution is -0.116. The number of hydrogen-bond acceptors (Lipinski definition) is 3. The van der Waals surface area contributed by atoms with Gasteiger partial charge in [-0.1, -0.05) is 18.5 Å². The van der Waals surface area contributed by atoms with Crippen molar-refractivity contribution in [2.24, 2.45) is 0 Å². The summed E-state index contributed by atoms with van der Waals surface area (Å²) in [6.45, 7) is 4.34. The van der Waals surface area contributed by atoms with E-state index in [2.05, 4.69) is 17.1 Å². The van der Waals surface area contributed by atoms with Gasteiger partial charge in [-0.2, -0.15) is 0 Å². The SMILES string of the molecule is CCCN(CCCC(=O)Nc1ccc(N)cc1Cl)C1CC1. The van der Waals surface area contributed by atoms with Gasteiger partial charge < -0.3 is 16.0 Å². The number of nitrogens with one attached hydrogen (secondary N) is 1. The molecule has 1 aliphatic carbocycles. The summed E-state index contributed by atoms with van der Waals surface area (Å²) in [6.07, 6.45) is 5.20. The van der Waals surface area contributed by atoms with Crippen LogP contribution in [0.2, 0.25) is 5.02 Å². The smallest absolute Gasteiger partial charge is 0.224 e. The first-order valence-electron chi connectivity index (χ1n) is 7.69. The Morgan fingerprint density at radius 1 is 1.43 bits per heavy atom. The third-order valence-corrected chi connectivity index (χ3v) is 4.00. The molecule has 0 radical (unpaired) electrons. The van der Waals surface area contributed by atoms with E-state index in [0.29, 0.717) is 22.8 Å². The first-order chi connectivity index (χ1) is 10.1. The van der Waals surface area contributed by atoms with E-state index in [1.165, 1.54) is 19.3 Å². The maximum Gasteiger partial charge on any atom is 0.224 e. The number of amides is 1. The van der Waals surface area contributed by atoms with Crippen molar-refractivity contribution in [2.45, 2.75) is 45.1 Å². The molecule has 0 aromatic heterocycles. The summed E-state index contributed by atoms with van der Waals surface area (Å²) in [5.74, 6) is 0.00826. The van der Waals surface area contributed by atoms with E-state index in [1.807, 2.05) is 0 Å². The quantitative estimate of drug-likeness (QED) is 0.722. The van der Waals surface area contributed by atoms with E-state index in [-0.39, 0.29) is 5.91 Å². The first kappa shape index (κ1) is 16.1. The number of rotatable bonds is 8. The summed E-state index contributed by atoms with van der Waals surface area (Å²) in [4.78, 5) is 14.5. The Hall–Kier alpha value is -1.26. The molecule has 0 spiro atoms. The molecule has 0 saturated heterocycles. The van der Waals surface area contributed by atoms with Crippen LogP contribution in [0.3, 0.4) is 0 Å². The van der Waals surface area contributed by atoms with Crippen molar-refractivity contribution < 1.29 is 4.79 Å². The highest BCUT2D eigenvalue weighted by Crippen LogP contribution is 2.27. The fourth-order valence-corrected chi connectivity index (χ4v) is 2.73. The number of hydrogen-bond donors (Lipinski definition) is 2. The molecule has 116 valence electrons. The lowest BCUT2D eigenvalue weighted by atomic mass is 10.2. The molecular weight excluding hydrogens is 286 g/mol. The highest BCUT2D eigenvalue weighted by atomic mass is 35.5. The zero-order valence-corrected chi connectivity index (χ0v) is 13.3. The zero-order valence-electron chi connectivity index (χ0n) is 12.6. The van der Waals surface area contributed by atoms with Gasteiger partial charge in [-0.25, -0.2) is 0 Å². The minimum absolute atomic E-state index is 0.00826. The third kappa shape index (κ3) is 5.21.